The van der Waals surface area contributed by atoms with Crippen LogP contribution in [0.25, 0.3) is 0 Å². The number of aliphatic hydroxyl groups excluding tert-OH is 3. The molecule has 1 aliphatic rings. The molecule has 1 heterocycles. The molecule has 0 amide bonds. The molecule has 3 N–H and O–H groups in total. The first-order chi connectivity index (χ1) is 4.22. The molecule has 1 aliphatic heterocycles. The molecule has 1 fully saturated rings. The van der Waals surface area contributed by atoms with Crippen LogP contribution in [0.1, 0.15) is 6.42 Å². The summed E-state index contributed by atoms with van der Waals surface area (Å²) in [5.74, 6) is 0. The van der Waals surface area contributed by atoms with Crippen molar-refractivity contribution in [3.05, 3.63) is 0 Å². The van der Waals surface area contributed by atoms with Gasteiger partial charge < -0.3 is 20.1 Å². The Morgan fingerprint density at radius 3 is 2.33 bits per heavy atom. The predicted molar refractivity (Wildman–Crippen MR) is 28.6 cm³/mol. The van der Waals surface area contributed by atoms with Gasteiger partial charge in [0.2, 0.25) is 0 Å². The first kappa shape index (κ1) is 6.95. The van der Waals surface area contributed by atoms with E-state index >= 15 is 0 Å². The van der Waals surface area contributed by atoms with E-state index in [4.69, 9.17) is 15.3 Å². The van der Waals surface area contributed by atoms with Crippen molar-refractivity contribution in [2.75, 3.05) is 6.61 Å². The zero-order chi connectivity index (χ0) is 6.85. The highest BCUT2D eigenvalue weighted by Gasteiger charge is 2.29. The van der Waals surface area contributed by atoms with E-state index in [0.717, 1.165) is 0 Å². The molecule has 0 radical (unpaired) electrons. The van der Waals surface area contributed by atoms with Gasteiger partial charge in [-0.2, -0.15) is 0 Å². The van der Waals surface area contributed by atoms with E-state index < -0.39 is 18.5 Å². The molecule has 0 aliphatic carbocycles. The Morgan fingerprint density at radius 2 is 1.89 bits per heavy atom. The summed E-state index contributed by atoms with van der Waals surface area (Å²) in [6.07, 6.45) is -2.81. The van der Waals surface area contributed by atoms with Crippen molar-refractivity contribution in [2.45, 2.75) is 24.9 Å². The molecule has 0 saturated carbocycles. The van der Waals surface area contributed by atoms with Gasteiger partial charge in [0, 0.05) is 0 Å². The van der Waals surface area contributed by atoms with Crippen molar-refractivity contribution in [3.8, 4) is 0 Å². The third-order valence-electron chi connectivity index (χ3n) is 1.39. The van der Waals surface area contributed by atoms with Gasteiger partial charge in [-0.3, -0.25) is 0 Å². The molecule has 54 valence electrons. The van der Waals surface area contributed by atoms with Gasteiger partial charge in [0.05, 0.1) is 12.7 Å². The van der Waals surface area contributed by atoms with Crippen LogP contribution in [0.4, 0.5) is 0 Å². The lowest BCUT2D eigenvalue weighted by molar-refractivity contribution is -0.219. The molecule has 1 saturated heterocycles. The minimum Gasteiger partial charge on any atom is -0.390 e. The average Bonchev–Trinajstić information content (AvgIpc) is 1.83. The van der Waals surface area contributed by atoms with Crippen LogP contribution in [0.3, 0.4) is 0 Å². The zero-order valence-corrected chi connectivity index (χ0v) is 4.90. The number of hydrogen-bond acceptors (Lipinski definition) is 4. The first-order valence-electron chi connectivity index (χ1n) is 2.87. The third-order valence-corrected chi connectivity index (χ3v) is 1.39. The summed E-state index contributed by atoms with van der Waals surface area (Å²) in [5.41, 5.74) is 0. The lowest BCUT2D eigenvalue weighted by atomic mass is 10.1. The van der Waals surface area contributed by atoms with Crippen LogP contribution in [-0.2, 0) is 4.74 Å². The molecule has 0 unspecified atom stereocenters. The van der Waals surface area contributed by atoms with Crippen LogP contribution >= 0.6 is 0 Å². The molecular formula is C5H10O4. The summed E-state index contributed by atoms with van der Waals surface area (Å²) in [4.78, 5) is 0. The molecule has 3 atom stereocenters. The fourth-order valence-electron chi connectivity index (χ4n) is 0.769. The quantitative estimate of drug-likeness (QED) is 0.375. The van der Waals surface area contributed by atoms with Crippen LogP contribution < -0.4 is 0 Å². The molecule has 0 spiro atoms. The Bertz CT molecular complexity index is 85.0. The van der Waals surface area contributed by atoms with E-state index in [2.05, 4.69) is 4.74 Å². The van der Waals surface area contributed by atoms with Crippen LogP contribution in [0.15, 0.2) is 0 Å². The van der Waals surface area contributed by atoms with Gasteiger partial charge in [-0.05, 0) is 6.42 Å². The first-order valence-corrected chi connectivity index (χ1v) is 2.87. The number of ether oxygens (including phenoxy) is 1. The minimum atomic E-state index is -1.21. The minimum absolute atomic E-state index is 0.305. The van der Waals surface area contributed by atoms with Gasteiger partial charge in [0.25, 0.3) is 0 Å². The van der Waals surface area contributed by atoms with Gasteiger partial charge in [-0.1, -0.05) is 0 Å². The van der Waals surface area contributed by atoms with E-state index in [1.165, 1.54) is 0 Å². The van der Waals surface area contributed by atoms with Gasteiger partial charge in [-0.25, -0.2) is 0 Å². The zero-order valence-electron chi connectivity index (χ0n) is 4.90. The molecule has 0 aromatic heterocycles. The molecular weight excluding hydrogens is 124 g/mol. The second kappa shape index (κ2) is 2.62. The second-order valence-corrected chi connectivity index (χ2v) is 2.11. The summed E-state index contributed by atoms with van der Waals surface area (Å²) < 4.78 is 4.61. The Hall–Kier alpha value is -0.160. The summed E-state index contributed by atoms with van der Waals surface area (Å²) in [6.45, 7) is 0.305. The smallest absolute Gasteiger partial charge is 0.183 e. The normalized spacial score (nSPS) is 45.0. The largest absolute Gasteiger partial charge is 0.390 e. The van der Waals surface area contributed by atoms with Gasteiger partial charge in [-0.15, -0.1) is 0 Å². The van der Waals surface area contributed by atoms with E-state index in [-0.39, 0.29) is 0 Å². The van der Waals surface area contributed by atoms with Crippen molar-refractivity contribution >= 4 is 0 Å². The number of hydrogen-bond donors (Lipinski definition) is 3. The topological polar surface area (TPSA) is 69.9 Å². The van der Waals surface area contributed by atoms with Crippen molar-refractivity contribution in [2.24, 2.45) is 0 Å². The van der Waals surface area contributed by atoms with E-state index in [0.29, 0.717) is 13.0 Å². The highest BCUT2D eigenvalue weighted by atomic mass is 16.6. The third kappa shape index (κ3) is 1.40. The fraction of sp³-hybridized carbons (Fsp3) is 1.00. The molecule has 1 rings (SSSR count). The molecule has 0 aromatic rings. The van der Waals surface area contributed by atoms with Crippen molar-refractivity contribution in [1.82, 2.24) is 0 Å². The maximum atomic E-state index is 8.86. The highest BCUT2D eigenvalue weighted by molar-refractivity contribution is 4.73. The number of rotatable bonds is 0. The highest BCUT2D eigenvalue weighted by Crippen LogP contribution is 2.11. The van der Waals surface area contributed by atoms with Crippen molar-refractivity contribution in [3.63, 3.8) is 0 Å². The average molecular weight is 134 g/mol. The molecule has 4 heteroatoms. The van der Waals surface area contributed by atoms with Crippen molar-refractivity contribution in [1.29, 1.82) is 0 Å². The van der Waals surface area contributed by atoms with Crippen molar-refractivity contribution < 1.29 is 20.1 Å². The fourth-order valence-corrected chi connectivity index (χ4v) is 0.769. The molecule has 4 nitrogen and oxygen atoms in total. The summed E-state index contributed by atoms with van der Waals surface area (Å²) >= 11 is 0. The Labute approximate surface area is 52.7 Å². The molecule has 0 aromatic carbocycles. The maximum Gasteiger partial charge on any atom is 0.183 e. The molecule has 9 heavy (non-hydrogen) atoms. The SMILES string of the molecule is O[C@H]1[C@H](O)CCO[C@@H]1O. The Balaban J connectivity index is 2.41. The van der Waals surface area contributed by atoms with Crippen LogP contribution in [0, 0.1) is 0 Å². The van der Waals surface area contributed by atoms with E-state index in [1.807, 2.05) is 0 Å². The van der Waals surface area contributed by atoms with Gasteiger partial charge in [0.1, 0.15) is 6.10 Å². The standard InChI is InChI=1S/C5H10O4/c6-3-1-2-9-5(8)4(3)7/h3-8H,1-2H2/t3-,4+,5+/m1/s1. The maximum absolute atomic E-state index is 8.86. The summed E-state index contributed by atoms with van der Waals surface area (Å²) in [7, 11) is 0. The van der Waals surface area contributed by atoms with Crippen LogP contribution in [0.5, 0.6) is 0 Å². The molecule has 0 bridgehead atoms. The lowest BCUT2D eigenvalue weighted by Crippen LogP contribution is -2.44. The van der Waals surface area contributed by atoms with E-state index in [1.54, 1.807) is 0 Å². The summed E-state index contributed by atoms with van der Waals surface area (Å²) in [5, 5.41) is 26.4. The number of aliphatic hydroxyl groups is 3. The monoisotopic (exact) mass is 134 g/mol. The van der Waals surface area contributed by atoms with Gasteiger partial charge >= 0.3 is 0 Å². The Kier molecular flexibility index (Phi) is 2.02. The Morgan fingerprint density at radius 1 is 1.22 bits per heavy atom. The van der Waals surface area contributed by atoms with Gasteiger partial charge in [0.15, 0.2) is 6.29 Å². The lowest BCUT2D eigenvalue weighted by Gasteiger charge is -2.27. The van der Waals surface area contributed by atoms with E-state index in [9.17, 15) is 0 Å². The summed E-state index contributed by atoms with van der Waals surface area (Å²) in [6, 6.07) is 0. The van der Waals surface area contributed by atoms with Crippen LogP contribution in [0.2, 0.25) is 0 Å². The van der Waals surface area contributed by atoms with Crippen LogP contribution in [-0.4, -0.2) is 40.4 Å². The second-order valence-electron chi connectivity index (χ2n) is 2.11. The predicted octanol–water partition coefficient (Wildman–Crippen LogP) is -1.55.